The first-order valence-electron chi connectivity index (χ1n) is 7.98. The number of hydrogen-bond acceptors (Lipinski definition) is 2. The first-order valence-corrected chi connectivity index (χ1v) is 7.98. The second kappa shape index (κ2) is 6.59. The minimum absolute atomic E-state index is 0.311. The molecule has 0 heterocycles. The molecule has 0 aliphatic heterocycles. The molecule has 122 valence electrons. The van der Waals surface area contributed by atoms with Crippen molar-refractivity contribution in [3.63, 3.8) is 0 Å². The Morgan fingerprint density at radius 3 is 1.91 bits per heavy atom. The summed E-state index contributed by atoms with van der Waals surface area (Å²) in [5, 5.41) is 11.3. The zero-order valence-electron chi connectivity index (χ0n) is 14.7. The summed E-state index contributed by atoms with van der Waals surface area (Å²) in [6.45, 7) is 6.17. The van der Waals surface area contributed by atoms with Crippen molar-refractivity contribution in [2.24, 2.45) is 5.41 Å². The predicted molar refractivity (Wildman–Crippen MR) is 99.6 cm³/mol. The number of aliphatic hydroxyl groups is 1. The van der Waals surface area contributed by atoms with Gasteiger partial charge in [-0.3, -0.25) is 0 Å². The van der Waals surface area contributed by atoms with Crippen molar-refractivity contribution in [2.75, 3.05) is 19.0 Å². The molecule has 1 atom stereocenters. The van der Waals surface area contributed by atoms with Gasteiger partial charge in [-0.25, -0.2) is 0 Å². The summed E-state index contributed by atoms with van der Waals surface area (Å²) in [4.78, 5) is 2.07. The van der Waals surface area contributed by atoms with Crippen LogP contribution in [0.15, 0.2) is 60.7 Å². The van der Waals surface area contributed by atoms with Crippen molar-refractivity contribution in [1.82, 2.24) is 0 Å². The second-order valence-electron chi connectivity index (χ2n) is 7.20. The summed E-state index contributed by atoms with van der Waals surface area (Å²) in [5.74, 6) is 0. The number of nitrogens with zero attached hydrogens (tertiary/aromatic N) is 1. The molecule has 0 spiro atoms. The van der Waals surface area contributed by atoms with Crippen LogP contribution in [0.3, 0.4) is 0 Å². The molecule has 0 saturated carbocycles. The third-order valence-corrected chi connectivity index (χ3v) is 4.28. The van der Waals surface area contributed by atoms with Crippen LogP contribution in [0.2, 0.25) is 0 Å². The molecule has 23 heavy (non-hydrogen) atoms. The molecule has 0 bridgehead atoms. The minimum Gasteiger partial charge on any atom is -0.380 e. The van der Waals surface area contributed by atoms with Gasteiger partial charge in [-0.2, -0.15) is 0 Å². The van der Waals surface area contributed by atoms with Gasteiger partial charge in [0.15, 0.2) is 0 Å². The average molecular weight is 309 g/mol. The highest BCUT2D eigenvalue weighted by atomic mass is 16.3. The highest BCUT2D eigenvalue weighted by Gasteiger charge is 2.39. The van der Waals surface area contributed by atoms with Crippen LogP contribution in [0.5, 0.6) is 0 Å². The van der Waals surface area contributed by atoms with Crippen LogP contribution in [-0.4, -0.2) is 19.2 Å². The molecule has 2 aromatic carbocycles. The Morgan fingerprint density at radius 1 is 0.870 bits per heavy atom. The van der Waals surface area contributed by atoms with Gasteiger partial charge in [0, 0.05) is 19.8 Å². The van der Waals surface area contributed by atoms with Crippen molar-refractivity contribution >= 4 is 11.8 Å². The number of rotatable bonds is 4. The van der Waals surface area contributed by atoms with Gasteiger partial charge in [0.2, 0.25) is 0 Å². The van der Waals surface area contributed by atoms with Crippen molar-refractivity contribution in [2.45, 2.75) is 26.4 Å². The van der Waals surface area contributed by atoms with E-state index in [0.29, 0.717) is 0 Å². The molecule has 1 unspecified atom stereocenters. The van der Waals surface area contributed by atoms with Gasteiger partial charge in [0.25, 0.3) is 0 Å². The molecule has 0 fully saturated rings. The van der Waals surface area contributed by atoms with E-state index in [-0.39, 0.29) is 5.41 Å². The van der Waals surface area contributed by atoms with Gasteiger partial charge in [0.1, 0.15) is 5.60 Å². The number of hydrogen-bond donors (Lipinski definition) is 1. The molecule has 2 nitrogen and oxygen atoms in total. The lowest BCUT2D eigenvalue weighted by Gasteiger charge is -2.38. The SMILES string of the molecule is CN(C)c1ccc(C=CC(O)(c2ccccc2)C(C)(C)C)cc1. The van der Waals surface area contributed by atoms with E-state index in [1.54, 1.807) is 0 Å². The van der Waals surface area contributed by atoms with Crippen molar-refractivity contribution in [1.29, 1.82) is 0 Å². The van der Waals surface area contributed by atoms with E-state index in [9.17, 15) is 5.11 Å². The third-order valence-electron chi connectivity index (χ3n) is 4.28. The predicted octanol–water partition coefficient (Wildman–Crippen LogP) is 4.70. The molecular formula is C21H27NO. The summed E-state index contributed by atoms with van der Waals surface area (Å²) in [5.41, 5.74) is 1.82. The maximum atomic E-state index is 11.3. The van der Waals surface area contributed by atoms with Crippen LogP contribution in [0.25, 0.3) is 6.08 Å². The lowest BCUT2D eigenvalue weighted by molar-refractivity contribution is -0.0178. The monoisotopic (exact) mass is 309 g/mol. The summed E-state index contributed by atoms with van der Waals surface area (Å²) in [6.07, 6.45) is 3.91. The van der Waals surface area contributed by atoms with Gasteiger partial charge >= 0.3 is 0 Å². The number of anilines is 1. The van der Waals surface area contributed by atoms with Gasteiger partial charge in [0.05, 0.1) is 0 Å². The highest BCUT2D eigenvalue weighted by molar-refractivity contribution is 5.57. The van der Waals surface area contributed by atoms with E-state index in [1.807, 2.05) is 56.6 Å². The van der Waals surface area contributed by atoms with E-state index in [0.717, 1.165) is 16.8 Å². The summed E-state index contributed by atoms with van der Waals surface area (Å²) < 4.78 is 0. The Balaban J connectivity index is 2.35. The molecule has 2 heteroatoms. The Hall–Kier alpha value is -2.06. The van der Waals surface area contributed by atoms with Crippen LogP contribution in [0.4, 0.5) is 5.69 Å². The van der Waals surface area contributed by atoms with E-state index < -0.39 is 5.60 Å². The molecule has 0 saturated heterocycles. The van der Waals surface area contributed by atoms with Crippen molar-refractivity contribution in [3.8, 4) is 0 Å². The van der Waals surface area contributed by atoms with Crippen LogP contribution in [0.1, 0.15) is 31.9 Å². The Labute approximate surface area is 140 Å². The molecule has 2 rings (SSSR count). The smallest absolute Gasteiger partial charge is 0.113 e. The average Bonchev–Trinajstić information content (AvgIpc) is 2.52. The van der Waals surface area contributed by atoms with Crippen molar-refractivity contribution < 1.29 is 5.11 Å². The van der Waals surface area contributed by atoms with Crippen LogP contribution in [0, 0.1) is 5.41 Å². The quantitative estimate of drug-likeness (QED) is 0.885. The molecule has 0 radical (unpaired) electrons. The first-order chi connectivity index (χ1) is 10.7. The first kappa shape index (κ1) is 17.3. The molecule has 0 amide bonds. The van der Waals surface area contributed by atoms with E-state index in [1.165, 1.54) is 0 Å². The van der Waals surface area contributed by atoms with Crippen LogP contribution < -0.4 is 4.90 Å². The van der Waals surface area contributed by atoms with Gasteiger partial charge in [-0.05, 0) is 34.8 Å². The lowest BCUT2D eigenvalue weighted by Crippen LogP contribution is -2.38. The van der Waals surface area contributed by atoms with E-state index >= 15 is 0 Å². The molecular weight excluding hydrogens is 282 g/mol. The van der Waals surface area contributed by atoms with Gasteiger partial charge < -0.3 is 10.0 Å². The largest absolute Gasteiger partial charge is 0.380 e. The normalized spacial score (nSPS) is 14.7. The van der Waals surface area contributed by atoms with E-state index in [2.05, 4.69) is 49.9 Å². The fourth-order valence-electron chi connectivity index (χ4n) is 2.57. The Kier molecular flexibility index (Phi) is 4.96. The fourth-order valence-corrected chi connectivity index (χ4v) is 2.57. The lowest BCUT2D eigenvalue weighted by atomic mass is 9.72. The number of benzene rings is 2. The maximum absolute atomic E-state index is 11.3. The zero-order valence-corrected chi connectivity index (χ0v) is 14.7. The molecule has 0 aromatic heterocycles. The van der Waals surface area contributed by atoms with Crippen LogP contribution in [-0.2, 0) is 5.60 Å². The highest BCUT2D eigenvalue weighted by Crippen LogP contribution is 2.40. The summed E-state index contributed by atoms with van der Waals surface area (Å²) >= 11 is 0. The molecule has 0 aliphatic rings. The second-order valence-corrected chi connectivity index (χ2v) is 7.20. The van der Waals surface area contributed by atoms with Crippen LogP contribution >= 0.6 is 0 Å². The standard InChI is InChI=1S/C21H27NO/c1-20(2,3)21(23,18-9-7-6-8-10-18)16-15-17-11-13-19(14-12-17)22(4)5/h6-16,23H,1-5H3. The summed E-state index contributed by atoms with van der Waals surface area (Å²) in [6, 6.07) is 18.2. The van der Waals surface area contributed by atoms with Gasteiger partial charge in [-0.15, -0.1) is 0 Å². The molecule has 0 aliphatic carbocycles. The molecule has 1 N–H and O–H groups in total. The Morgan fingerprint density at radius 2 is 1.43 bits per heavy atom. The Bertz CT molecular complexity index is 650. The summed E-state index contributed by atoms with van der Waals surface area (Å²) in [7, 11) is 4.05. The minimum atomic E-state index is -1.02. The maximum Gasteiger partial charge on any atom is 0.113 e. The topological polar surface area (TPSA) is 23.5 Å². The fraction of sp³-hybridized carbons (Fsp3) is 0.333. The van der Waals surface area contributed by atoms with Crippen molar-refractivity contribution in [3.05, 3.63) is 71.8 Å². The molecule has 2 aromatic rings. The van der Waals surface area contributed by atoms with E-state index in [4.69, 9.17) is 0 Å². The third kappa shape index (κ3) is 3.83. The zero-order chi connectivity index (χ0) is 17.1. The van der Waals surface area contributed by atoms with Gasteiger partial charge in [-0.1, -0.05) is 69.3 Å².